The van der Waals surface area contributed by atoms with Gasteiger partial charge in [0, 0.05) is 6.54 Å². The Morgan fingerprint density at radius 1 is 1.11 bits per heavy atom. The van der Waals surface area contributed by atoms with Crippen molar-refractivity contribution in [1.82, 2.24) is 5.32 Å². The van der Waals surface area contributed by atoms with E-state index in [-0.39, 0.29) is 18.6 Å². The Morgan fingerprint density at radius 2 is 1.81 bits per heavy atom. The normalized spacial score (nSPS) is 10.7. The molecule has 0 heterocycles. The molecule has 2 aromatic rings. The van der Waals surface area contributed by atoms with Crippen molar-refractivity contribution in [3.8, 4) is 11.8 Å². The van der Waals surface area contributed by atoms with Gasteiger partial charge in [-0.05, 0) is 35.8 Å². The van der Waals surface area contributed by atoms with E-state index in [9.17, 15) is 14.9 Å². The van der Waals surface area contributed by atoms with Crippen molar-refractivity contribution in [2.45, 2.75) is 12.8 Å². The average Bonchev–Trinajstić information content (AvgIpc) is 2.67. The summed E-state index contributed by atoms with van der Waals surface area (Å²) in [7, 11) is 0. The summed E-state index contributed by atoms with van der Waals surface area (Å²) in [6.07, 6.45) is 2.11. The van der Waals surface area contributed by atoms with E-state index in [4.69, 9.17) is 9.84 Å². The fourth-order valence-corrected chi connectivity index (χ4v) is 2.29. The molecule has 0 aromatic heterocycles. The number of aliphatic carboxylic acids is 1. The van der Waals surface area contributed by atoms with Gasteiger partial charge in [0.1, 0.15) is 17.4 Å². The highest BCUT2D eigenvalue weighted by atomic mass is 16.5. The molecule has 0 saturated carbocycles. The van der Waals surface area contributed by atoms with Crippen LogP contribution in [0.25, 0.3) is 6.08 Å². The largest absolute Gasteiger partial charge is 0.493 e. The predicted octanol–water partition coefficient (Wildman–Crippen LogP) is 2.81. The molecule has 0 unspecified atom stereocenters. The van der Waals surface area contributed by atoms with E-state index < -0.39 is 11.9 Å². The Labute approximate surface area is 157 Å². The third kappa shape index (κ3) is 7.04. The number of nitriles is 1. The molecule has 2 aromatic carbocycles. The third-order valence-corrected chi connectivity index (χ3v) is 3.68. The summed E-state index contributed by atoms with van der Waals surface area (Å²) >= 11 is 0. The Morgan fingerprint density at radius 3 is 2.44 bits per heavy atom. The number of carbonyl (C=O) groups is 2. The van der Waals surface area contributed by atoms with Gasteiger partial charge in [0.2, 0.25) is 0 Å². The molecule has 138 valence electrons. The topological polar surface area (TPSA) is 99.4 Å². The van der Waals surface area contributed by atoms with Crippen LogP contribution in [-0.2, 0) is 16.0 Å². The molecule has 0 saturated heterocycles. The SMILES string of the molecule is N#C/C(=C\c1ccc(OCCC(=O)O)cc1)C(=O)NCCc1ccccc1. The van der Waals surface area contributed by atoms with Crippen molar-refractivity contribution in [1.29, 1.82) is 5.26 Å². The van der Waals surface area contributed by atoms with Gasteiger partial charge in [-0.3, -0.25) is 9.59 Å². The van der Waals surface area contributed by atoms with Gasteiger partial charge in [0.25, 0.3) is 5.91 Å². The molecule has 6 nitrogen and oxygen atoms in total. The van der Waals surface area contributed by atoms with Crippen LogP contribution < -0.4 is 10.1 Å². The van der Waals surface area contributed by atoms with E-state index in [1.54, 1.807) is 24.3 Å². The molecule has 1 amide bonds. The number of nitrogens with one attached hydrogen (secondary N) is 1. The molecular weight excluding hydrogens is 344 g/mol. The lowest BCUT2D eigenvalue weighted by molar-refractivity contribution is -0.137. The monoisotopic (exact) mass is 364 g/mol. The molecule has 27 heavy (non-hydrogen) atoms. The number of amides is 1. The zero-order chi connectivity index (χ0) is 19.5. The Kier molecular flexibility index (Phi) is 7.61. The van der Waals surface area contributed by atoms with E-state index in [2.05, 4.69) is 5.32 Å². The van der Waals surface area contributed by atoms with Crippen molar-refractivity contribution in [2.75, 3.05) is 13.2 Å². The zero-order valence-corrected chi connectivity index (χ0v) is 14.7. The fourth-order valence-electron chi connectivity index (χ4n) is 2.29. The Bertz CT molecular complexity index is 837. The smallest absolute Gasteiger partial charge is 0.306 e. The van der Waals surface area contributed by atoms with Gasteiger partial charge < -0.3 is 15.2 Å². The molecule has 0 radical (unpaired) electrons. The molecule has 0 aliphatic heterocycles. The predicted molar refractivity (Wildman–Crippen MR) is 101 cm³/mol. The fraction of sp³-hybridized carbons (Fsp3) is 0.190. The molecular formula is C21H20N2O4. The van der Waals surface area contributed by atoms with Crippen molar-refractivity contribution >= 4 is 18.0 Å². The molecule has 0 spiro atoms. The van der Waals surface area contributed by atoms with Crippen LogP contribution in [0.5, 0.6) is 5.75 Å². The number of carboxylic acids is 1. The summed E-state index contributed by atoms with van der Waals surface area (Å²) in [6, 6.07) is 18.4. The Hall–Kier alpha value is -3.59. The number of hydrogen-bond donors (Lipinski definition) is 2. The van der Waals surface area contributed by atoms with Crippen LogP contribution in [0.15, 0.2) is 60.2 Å². The van der Waals surface area contributed by atoms with E-state index in [1.165, 1.54) is 6.08 Å². The molecule has 0 aliphatic rings. The number of carbonyl (C=O) groups excluding carboxylic acids is 1. The van der Waals surface area contributed by atoms with Crippen LogP contribution >= 0.6 is 0 Å². The van der Waals surface area contributed by atoms with Crippen LogP contribution in [-0.4, -0.2) is 30.1 Å². The maximum absolute atomic E-state index is 12.2. The second-order valence-corrected chi connectivity index (χ2v) is 5.72. The van der Waals surface area contributed by atoms with Gasteiger partial charge in [-0.15, -0.1) is 0 Å². The lowest BCUT2D eigenvalue weighted by Crippen LogP contribution is -2.26. The van der Waals surface area contributed by atoms with Gasteiger partial charge in [-0.2, -0.15) is 5.26 Å². The van der Waals surface area contributed by atoms with Crippen LogP contribution in [0.4, 0.5) is 0 Å². The highest BCUT2D eigenvalue weighted by Gasteiger charge is 2.08. The Balaban J connectivity index is 1.89. The van der Waals surface area contributed by atoms with Crippen LogP contribution in [0.1, 0.15) is 17.5 Å². The molecule has 0 fully saturated rings. The minimum absolute atomic E-state index is 0.0163. The second-order valence-electron chi connectivity index (χ2n) is 5.72. The van der Waals surface area contributed by atoms with E-state index >= 15 is 0 Å². The molecule has 0 bridgehead atoms. The minimum Gasteiger partial charge on any atom is -0.493 e. The summed E-state index contributed by atoms with van der Waals surface area (Å²) < 4.78 is 5.30. The number of benzene rings is 2. The first-order chi connectivity index (χ1) is 13.1. The zero-order valence-electron chi connectivity index (χ0n) is 14.7. The summed E-state index contributed by atoms with van der Waals surface area (Å²) in [5.74, 6) is -0.819. The molecule has 0 atom stereocenters. The first-order valence-corrected chi connectivity index (χ1v) is 8.47. The van der Waals surface area contributed by atoms with E-state index in [1.807, 2.05) is 36.4 Å². The second kappa shape index (κ2) is 10.4. The lowest BCUT2D eigenvalue weighted by atomic mass is 10.1. The van der Waals surface area contributed by atoms with E-state index in [0.717, 1.165) is 5.56 Å². The standard InChI is InChI=1S/C21H20N2O4/c22-15-18(21(26)23-12-10-16-4-2-1-3-5-16)14-17-6-8-19(9-7-17)27-13-11-20(24)25/h1-9,14H,10-13H2,(H,23,26)(H,24,25)/b18-14+. The number of carboxylic acid groups (broad SMARTS) is 1. The maximum atomic E-state index is 12.2. The van der Waals surface area contributed by atoms with E-state index in [0.29, 0.717) is 24.3 Å². The summed E-state index contributed by atoms with van der Waals surface area (Å²) in [5.41, 5.74) is 1.80. The number of nitrogens with zero attached hydrogens (tertiary/aromatic N) is 1. The molecule has 2 rings (SSSR count). The molecule has 0 aliphatic carbocycles. The highest BCUT2D eigenvalue weighted by molar-refractivity contribution is 6.01. The van der Waals surface area contributed by atoms with Gasteiger partial charge in [-0.1, -0.05) is 42.5 Å². The van der Waals surface area contributed by atoms with Gasteiger partial charge >= 0.3 is 5.97 Å². The van der Waals surface area contributed by atoms with Crippen LogP contribution in [0.3, 0.4) is 0 Å². The molecule has 2 N–H and O–H groups in total. The summed E-state index contributed by atoms with van der Waals surface area (Å²) in [4.78, 5) is 22.6. The molecule has 6 heteroatoms. The van der Waals surface area contributed by atoms with Crippen molar-refractivity contribution in [3.63, 3.8) is 0 Å². The van der Waals surface area contributed by atoms with Crippen LogP contribution in [0.2, 0.25) is 0 Å². The van der Waals surface area contributed by atoms with Gasteiger partial charge in [0.15, 0.2) is 0 Å². The summed E-state index contributed by atoms with van der Waals surface area (Å²) in [6.45, 7) is 0.524. The number of hydrogen-bond acceptors (Lipinski definition) is 4. The third-order valence-electron chi connectivity index (χ3n) is 3.68. The number of ether oxygens (including phenoxy) is 1. The van der Waals surface area contributed by atoms with Gasteiger partial charge in [-0.25, -0.2) is 0 Å². The maximum Gasteiger partial charge on any atom is 0.306 e. The summed E-state index contributed by atoms with van der Waals surface area (Å²) in [5, 5.41) is 20.6. The van der Waals surface area contributed by atoms with Crippen molar-refractivity contribution in [3.05, 3.63) is 71.3 Å². The van der Waals surface area contributed by atoms with Crippen LogP contribution in [0, 0.1) is 11.3 Å². The minimum atomic E-state index is -0.925. The highest BCUT2D eigenvalue weighted by Crippen LogP contribution is 2.15. The quantitative estimate of drug-likeness (QED) is 0.526. The van der Waals surface area contributed by atoms with Crippen molar-refractivity contribution in [2.24, 2.45) is 0 Å². The first-order valence-electron chi connectivity index (χ1n) is 8.47. The first kappa shape index (κ1) is 19.7. The van der Waals surface area contributed by atoms with Crippen molar-refractivity contribution < 1.29 is 19.4 Å². The average molecular weight is 364 g/mol. The number of rotatable bonds is 9. The lowest BCUT2D eigenvalue weighted by Gasteiger charge is -2.06. The van der Waals surface area contributed by atoms with Gasteiger partial charge in [0.05, 0.1) is 13.0 Å².